The smallest absolute Gasteiger partial charge is 0.118 e. The Morgan fingerprint density at radius 1 is 1.31 bits per heavy atom. The average molecular weight is 221 g/mol. The minimum Gasteiger partial charge on any atom is -0.497 e. The molecule has 3 N–H and O–H groups in total. The van der Waals surface area contributed by atoms with Crippen LogP contribution in [0.5, 0.6) is 5.75 Å². The summed E-state index contributed by atoms with van der Waals surface area (Å²) >= 11 is 0. The van der Waals surface area contributed by atoms with Gasteiger partial charge in [-0.05, 0) is 30.5 Å². The molecule has 0 saturated heterocycles. The van der Waals surface area contributed by atoms with Crippen LogP contribution in [0.1, 0.15) is 31.2 Å². The minimum absolute atomic E-state index is 0.158. The largest absolute Gasteiger partial charge is 0.497 e. The topological polar surface area (TPSA) is 55.5 Å². The highest BCUT2D eigenvalue weighted by Gasteiger charge is 2.38. The predicted molar refractivity (Wildman–Crippen MR) is 63.3 cm³/mol. The first kappa shape index (κ1) is 11.4. The van der Waals surface area contributed by atoms with E-state index in [2.05, 4.69) is 0 Å². The standard InChI is InChI=1S/C13H19NO2/c1-16-11-7-5-10(6-8-11)13(15)9-3-2-4-12(13)14/h5-8,12,15H,2-4,9,14H2,1H3/t12-,13-/m1/s1. The van der Waals surface area contributed by atoms with Crippen LogP contribution in [-0.2, 0) is 5.60 Å². The average Bonchev–Trinajstić information content (AvgIpc) is 2.33. The Balaban J connectivity index is 2.26. The summed E-state index contributed by atoms with van der Waals surface area (Å²) in [5.41, 5.74) is 6.08. The van der Waals surface area contributed by atoms with Crippen LogP contribution in [0.25, 0.3) is 0 Å². The van der Waals surface area contributed by atoms with Crippen molar-refractivity contribution in [3.8, 4) is 5.75 Å². The summed E-state index contributed by atoms with van der Waals surface area (Å²) in [5.74, 6) is 0.803. The monoisotopic (exact) mass is 221 g/mol. The summed E-state index contributed by atoms with van der Waals surface area (Å²) in [4.78, 5) is 0. The van der Waals surface area contributed by atoms with Gasteiger partial charge in [0.2, 0.25) is 0 Å². The first-order valence-electron chi connectivity index (χ1n) is 5.79. The van der Waals surface area contributed by atoms with Crippen LogP contribution >= 0.6 is 0 Å². The molecule has 0 aromatic heterocycles. The number of rotatable bonds is 2. The molecule has 1 saturated carbocycles. The minimum atomic E-state index is -0.857. The van der Waals surface area contributed by atoms with Gasteiger partial charge in [-0.1, -0.05) is 25.0 Å². The van der Waals surface area contributed by atoms with Crippen molar-refractivity contribution >= 4 is 0 Å². The van der Waals surface area contributed by atoms with Crippen molar-refractivity contribution < 1.29 is 9.84 Å². The van der Waals surface area contributed by atoms with Crippen molar-refractivity contribution in [2.75, 3.05) is 7.11 Å². The highest BCUT2D eigenvalue weighted by Crippen LogP contribution is 2.36. The second-order valence-corrected chi connectivity index (χ2v) is 4.51. The second-order valence-electron chi connectivity index (χ2n) is 4.51. The van der Waals surface area contributed by atoms with E-state index in [4.69, 9.17) is 10.5 Å². The maximum absolute atomic E-state index is 10.6. The van der Waals surface area contributed by atoms with E-state index >= 15 is 0 Å². The number of hydrogen-bond donors (Lipinski definition) is 2. The molecule has 0 heterocycles. The summed E-state index contributed by atoms with van der Waals surface area (Å²) in [5, 5.41) is 10.6. The van der Waals surface area contributed by atoms with Gasteiger partial charge in [-0.2, -0.15) is 0 Å². The molecule has 0 amide bonds. The van der Waals surface area contributed by atoms with E-state index in [-0.39, 0.29) is 6.04 Å². The van der Waals surface area contributed by atoms with Crippen molar-refractivity contribution in [2.24, 2.45) is 5.73 Å². The predicted octanol–water partition coefficient (Wildman–Crippen LogP) is 1.78. The molecule has 3 heteroatoms. The Bertz CT molecular complexity index is 349. The Hall–Kier alpha value is -1.06. The van der Waals surface area contributed by atoms with Gasteiger partial charge in [-0.15, -0.1) is 0 Å². The lowest BCUT2D eigenvalue weighted by Gasteiger charge is -2.38. The van der Waals surface area contributed by atoms with Gasteiger partial charge in [0.25, 0.3) is 0 Å². The van der Waals surface area contributed by atoms with Crippen LogP contribution in [-0.4, -0.2) is 18.3 Å². The number of ether oxygens (including phenoxy) is 1. The summed E-state index contributed by atoms with van der Waals surface area (Å²) in [6, 6.07) is 7.40. The highest BCUT2D eigenvalue weighted by molar-refractivity contribution is 5.32. The maximum Gasteiger partial charge on any atom is 0.118 e. The van der Waals surface area contributed by atoms with E-state index in [9.17, 15) is 5.11 Å². The van der Waals surface area contributed by atoms with Crippen molar-refractivity contribution in [3.63, 3.8) is 0 Å². The number of aliphatic hydroxyl groups is 1. The maximum atomic E-state index is 10.6. The summed E-state index contributed by atoms with van der Waals surface area (Å²) in [6.07, 6.45) is 3.79. The van der Waals surface area contributed by atoms with Crippen molar-refractivity contribution in [1.82, 2.24) is 0 Å². The number of hydrogen-bond acceptors (Lipinski definition) is 3. The van der Waals surface area contributed by atoms with Crippen LogP contribution in [0.4, 0.5) is 0 Å². The Morgan fingerprint density at radius 2 is 2.00 bits per heavy atom. The molecule has 1 aromatic rings. The molecule has 1 aliphatic rings. The Morgan fingerprint density at radius 3 is 2.56 bits per heavy atom. The molecule has 2 atom stereocenters. The van der Waals surface area contributed by atoms with Gasteiger partial charge < -0.3 is 15.6 Å². The third-order valence-corrected chi connectivity index (χ3v) is 3.53. The molecule has 0 unspecified atom stereocenters. The summed E-state index contributed by atoms with van der Waals surface area (Å²) < 4.78 is 5.10. The van der Waals surface area contributed by atoms with Crippen LogP contribution in [0.3, 0.4) is 0 Å². The van der Waals surface area contributed by atoms with E-state index in [0.717, 1.165) is 37.0 Å². The Kier molecular flexibility index (Phi) is 3.17. The molecule has 0 bridgehead atoms. The molecule has 1 fully saturated rings. The normalized spacial score (nSPS) is 30.1. The third kappa shape index (κ3) is 1.93. The van der Waals surface area contributed by atoms with Crippen molar-refractivity contribution in [3.05, 3.63) is 29.8 Å². The van der Waals surface area contributed by atoms with E-state index < -0.39 is 5.60 Å². The van der Waals surface area contributed by atoms with Crippen molar-refractivity contribution in [2.45, 2.75) is 37.3 Å². The number of methoxy groups -OCH3 is 1. The second kappa shape index (κ2) is 4.44. The molecule has 0 radical (unpaired) electrons. The van der Waals surface area contributed by atoms with Crippen LogP contribution in [0, 0.1) is 0 Å². The van der Waals surface area contributed by atoms with Gasteiger partial charge in [0.1, 0.15) is 11.4 Å². The summed E-state index contributed by atoms with van der Waals surface area (Å²) in [6.45, 7) is 0. The van der Waals surface area contributed by atoms with Gasteiger partial charge in [-0.25, -0.2) is 0 Å². The quantitative estimate of drug-likeness (QED) is 0.800. The van der Waals surface area contributed by atoms with Gasteiger partial charge in [0.05, 0.1) is 7.11 Å². The zero-order chi connectivity index (χ0) is 11.6. The van der Waals surface area contributed by atoms with E-state index in [0.29, 0.717) is 0 Å². The Labute approximate surface area is 96.2 Å². The molecule has 2 rings (SSSR count). The lowest BCUT2D eigenvalue weighted by atomic mass is 9.76. The fourth-order valence-electron chi connectivity index (χ4n) is 2.42. The molecule has 3 nitrogen and oxygen atoms in total. The zero-order valence-electron chi connectivity index (χ0n) is 9.65. The lowest BCUT2D eigenvalue weighted by Crippen LogP contribution is -2.47. The third-order valence-electron chi connectivity index (χ3n) is 3.53. The SMILES string of the molecule is COc1ccc([C@]2(O)CCCC[C@H]2N)cc1. The molecule has 88 valence electrons. The van der Waals surface area contributed by atoms with Gasteiger partial charge >= 0.3 is 0 Å². The van der Waals surface area contributed by atoms with Gasteiger partial charge in [0.15, 0.2) is 0 Å². The zero-order valence-corrected chi connectivity index (χ0v) is 9.65. The molecular formula is C13H19NO2. The first-order chi connectivity index (χ1) is 7.66. The fourth-order valence-corrected chi connectivity index (χ4v) is 2.42. The number of nitrogens with two attached hydrogens (primary N) is 1. The molecule has 1 aliphatic carbocycles. The summed E-state index contributed by atoms with van der Waals surface area (Å²) in [7, 11) is 1.63. The van der Waals surface area contributed by atoms with Crippen LogP contribution in [0.15, 0.2) is 24.3 Å². The van der Waals surface area contributed by atoms with Crippen molar-refractivity contribution in [1.29, 1.82) is 0 Å². The molecule has 16 heavy (non-hydrogen) atoms. The molecule has 1 aromatic carbocycles. The van der Waals surface area contributed by atoms with E-state index in [1.165, 1.54) is 0 Å². The number of benzene rings is 1. The van der Waals surface area contributed by atoms with Gasteiger partial charge in [0, 0.05) is 6.04 Å². The molecule has 0 spiro atoms. The van der Waals surface area contributed by atoms with Crippen LogP contribution < -0.4 is 10.5 Å². The lowest BCUT2D eigenvalue weighted by molar-refractivity contribution is -0.0193. The highest BCUT2D eigenvalue weighted by atomic mass is 16.5. The van der Waals surface area contributed by atoms with Gasteiger partial charge in [-0.3, -0.25) is 0 Å². The van der Waals surface area contributed by atoms with Crippen LogP contribution in [0.2, 0.25) is 0 Å². The fraction of sp³-hybridized carbons (Fsp3) is 0.538. The van der Waals surface area contributed by atoms with E-state index in [1.807, 2.05) is 24.3 Å². The first-order valence-corrected chi connectivity index (χ1v) is 5.79. The molecular weight excluding hydrogens is 202 g/mol. The van der Waals surface area contributed by atoms with E-state index in [1.54, 1.807) is 7.11 Å². The molecule has 0 aliphatic heterocycles.